The van der Waals surface area contributed by atoms with Gasteiger partial charge in [0.05, 0.1) is 10.5 Å². The lowest BCUT2D eigenvalue weighted by Crippen LogP contribution is -2.55. The molecule has 1 aliphatic carbocycles. The van der Waals surface area contributed by atoms with E-state index in [0.29, 0.717) is 11.6 Å². The normalized spacial score (nSPS) is 21.8. The summed E-state index contributed by atoms with van der Waals surface area (Å²) in [5, 5.41) is 6.09. The largest absolute Gasteiger partial charge is 0.416 e. The van der Waals surface area contributed by atoms with Gasteiger partial charge in [0.2, 0.25) is 15.9 Å². The molecular weight excluding hydrogens is 507 g/mol. The molecule has 1 saturated carbocycles. The summed E-state index contributed by atoms with van der Waals surface area (Å²) in [5.74, 6) is -0.804. The molecule has 2 atom stereocenters. The molecule has 2 aliphatic rings. The highest BCUT2D eigenvalue weighted by Crippen LogP contribution is 2.32. The van der Waals surface area contributed by atoms with Crippen LogP contribution in [0, 0.1) is 5.92 Å². The van der Waals surface area contributed by atoms with Crippen molar-refractivity contribution >= 4 is 21.8 Å². The fraction of sp³-hybridized carbons (Fsp3) is 0.462. The van der Waals surface area contributed by atoms with Gasteiger partial charge in [-0.05, 0) is 56.0 Å². The summed E-state index contributed by atoms with van der Waals surface area (Å²) in [6.45, 7) is 0.0744. The zero-order chi connectivity index (χ0) is 26.6. The van der Waals surface area contributed by atoms with Crippen LogP contribution in [0.5, 0.6) is 0 Å². The van der Waals surface area contributed by atoms with Crippen LogP contribution < -0.4 is 10.6 Å². The molecule has 2 fully saturated rings. The number of hydrogen-bond acceptors (Lipinski definition) is 4. The third-order valence-corrected chi connectivity index (χ3v) is 8.96. The van der Waals surface area contributed by atoms with Crippen molar-refractivity contribution in [3.63, 3.8) is 0 Å². The number of halogens is 3. The molecule has 1 unspecified atom stereocenters. The van der Waals surface area contributed by atoms with Gasteiger partial charge in [-0.1, -0.05) is 37.1 Å². The Bertz CT molecular complexity index is 1210. The number of nitrogens with zero attached hydrogens (tertiary/aromatic N) is 1. The third-order valence-electron chi connectivity index (χ3n) is 7.07. The molecule has 0 bridgehead atoms. The van der Waals surface area contributed by atoms with Crippen LogP contribution in [-0.4, -0.2) is 49.7 Å². The van der Waals surface area contributed by atoms with E-state index in [2.05, 4.69) is 10.6 Å². The fourth-order valence-corrected chi connectivity index (χ4v) is 6.47. The predicted octanol–water partition coefficient (Wildman–Crippen LogP) is 3.96. The molecule has 200 valence electrons. The van der Waals surface area contributed by atoms with E-state index in [1.165, 1.54) is 0 Å². The second-order valence-corrected chi connectivity index (χ2v) is 11.5. The van der Waals surface area contributed by atoms with Gasteiger partial charge >= 0.3 is 6.18 Å². The zero-order valence-electron chi connectivity index (χ0n) is 20.2. The molecule has 1 saturated heterocycles. The predicted molar refractivity (Wildman–Crippen MR) is 131 cm³/mol. The van der Waals surface area contributed by atoms with Crippen LogP contribution >= 0.6 is 0 Å². The van der Waals surface area contributed by atoms with Crippen LogP contribution in [-0.2, 0) is 21.0 Å². The second-order valence-electron chi connectivity index (χ2n) is 9.55. The van der Waals surface area contributed by atoms with Crippen molar-refractivity contribution in [3.05, 3.63) is 65.7 Å². The quantitative estimate of drug-likeness (QED) is 0.583. The van der Waals surface area contributed by atoms with Gasteiger partial charge in [-0.25, -0.2) is 8.42 Å². The molecule has 0 radical (unpaired) electrons. The summed E-state index contributed by atoms with van der Waals surface area (Å²) in [6.07, 6.45) is -0.774. The SMILES string of the molecule is O=C(N[C@@H]1CCCCC1NC(=O)C1CCN(S(=O)(=O)c2cccc(C(F)(F)F)c2)CC1)c1ccccc1. The Kier molecular flexibility index (Phi) is 8.23. The lowest BCUT2D eigenvalue weighted by molar-refractivity contribution is -0.137. The van der Waals surface area contributed by atoms with Gasteiger partial charge in [0.25, 0.3) is 5.91 Å². The highest BCUT2D eigenvalue weighted by molar-refractivity contribution is 7.89. The number of alkyl halides is 3. The number of piperidine rings is 1. The van der Waals surface area contributed by atoms with E-state index in [1.807, 2.05) is 6.07 Å². The number of rotatable bonds is 6. The van der Waals surface area contributed by atoms with Gasteiger partial charge in [-0.15, -0.1) is 0 Å². The van der Waals surface area contributed by atoms with Gasteiger partial charge < -0.3 is 10.6 Å². The summed E-state index contributed by atoms with van der Waals surface area (Å²) in [7, 11) is -4.12. The Morgan fingerprint density at radius 2 is 1.46 bits per heavy atom. The summed E-state index contributed by atoms with van der Waals surface area (Å²) in [5.41, 5.74) is -0.475. The smallest absolute Gasteiger partial charge is 0.351 e. The van der Waals surface area contributed by atoms with Crippen LogP contribution in [0.4, 0.5) is 13.2 Å². The molecule has 7 nitrogen and oxygen atoms in total. The molecule has 2 aromatic carbocycles. The average molecular weight is 538 g/mol. The lowest BCUT2D eigenvalue weighted by Gasteiger charge is -2.35. The number of amides is 2. The second kappa shape index (κ2) is 11.2. The highest BCUT2D eigenvalue weighted by Gasteiger charge is 2.36. The van der Waals surface area contributed by atoms with E-state index in [9.17, 15) is 31.2 Å². The van der Waals surface area contributed by atoms with Crippen LogP contribution in [0.3, 0.4) is 0 Å². The first-order valence-electron chi connectivity index (χ1n) is 12.4. The van der Waals surface area contributed by atoms with Crippen molar-refractivity contribution < 1.29 is 31.2 Å². The van der Waals surface area contributed by atoms with Crippen LogP contribution in [0.15, 0.2) is 59.5 Å². The first-order valence-corrected chi connectivity index (χ1v) is 13.8. The van der Waals surface area contributed by atoms with Crippen molar-refractivity contribution in [2.45, 2.75) is 61.7 Å². The van der Waals surface area contributed by atoms with E-state index < -0.39 is 32.6 Å². The van der Waals surface area contributed by atoms with Crippen molar-refractivity contribution in [1.82, 2.24) is 14.9 Å². The van der Waals surface area contributed by atoms with Crippen molar-refractivity contribution in [1.29, 1.82) is 0 Å². The Balaban J connectivity index is 1.34. The summed E-state index contributed by atoms with van der Waals surface area (Å²) in [4.78, 5) is 25.2. The van der Waals surface area contributed by atoms with Crippen LogP contribution in [0.1, 0.15) is 54.4 Å². The summed E-state index contributed by atoms with van der Waals surface area (Å²) in [6, 6.07) is 12.1. The first kappa shape index (κ1) is 27.1. The maximum atomic E-state index is 13.0. The molecule has 2 aromatic rings. The minimum atomic E-state index is -4.64. The monoisotopic (exact) mass is 537 g/mol. The van der Waals surface area contributed by atoms with E-state index in [4.69, 9.17) is 0 Å². The van der Waals surface area contributed by atoms with Crippen LogP contribution in [0.2, 0.25) is 0 Å². The van der Waals surface area contributed by atoms with Crippen molar-refractivity contribution in [2.75, 3.05) is 13.1 Å². The number of benzene rings is 2. The molecule has 2 N–H and O–H groups in total. The third kappa shape index (κ3) is 6.51. The minimum absolute atomic E-state index is 0.0372. The molecule has 2 amide bonds. The maximum Gasteiger partial charge on any atom is 0.416 e. The Morgan fingerprint density at radius 3 is 2.08 bits per heavy atom. The molecule has 0 aromatic heterocycles. The van der Waals surface area contributed by atoms with Gasteiger partial charge in [0.15, 0.2) is 0 Å². The van der Waals surface area contributed by atoms with E-state index >= 15 is 0 Å². The van der Waals surface area contributed by atoms with Crippen LogP contribution in [0.25, 0.3) is 0 Å². The Morgan fingerprint density at radius 1 is 0.838 bits per heavy atom. The zero-order valence-corrected chi connectivity index (χ0v) is 21.0. The maximum absolute atomic E-state index is 13.0. The molecular formula is C26H30F3N3O4S. The fourth-order valence-electron chi connectivity index (χ4n) is 4.96. The lowest BCUT2D eigenvalue weighted by atomic mass is 9.88. The van der Waals surface area contributed by atoms with E-state index in [1.54, 1.807) is 24.3 Å². The average Bonchev–Trinajstić information content (AvgIpc) is 2.90. The standard InChI is InChI=1S/C26H30F3N3O4S/c27-26(28,29)20-9-6-10-21(17-20)37(35,36)32-15-13-19(14-16-32)25(34)31-23-12-5-4-11-22(23)30-24(33)18-7-2-1-3-8-18/h1-3,6-10,17,19,22-23H,4-5,11-16H2,(H,30,33)(H,31,34)/t22-,23?/m1/s1. The number of hydrogen-bond donors (Lipinski definition) is 2. The number of sulfonamides is 1. The Hall–Kier alpha value is -2.92. The van der Waals surface area contributed by atoms with Crippen molar-refractivity contribution in [3.8, 4) is 0 Å². The van der Waals surface area contributed by atoms with Gasteiger partial charge in [0, 0.05) is 36.7 Å². The molecule has 1 aliphatic heterocycles. The Labute approximate surface area is 214 Å². The minimum Gasteiger partial charge on any atom is -0.351 e. The molecule has 4 rings (SSSR count). The summed E-state index contributed by atoms with van der Waals surface area (Å²) >= 11 is 0. The molecule has 37 heavy (non-hydrogen) atoms. The molecule has 1 heterocycles. The van der Waals surface area contributed by atoms with Gasteiger partial charge in [-0.3, -0.25) is 9.59 Å². The molecule has 11 heteroatoms. The number of carbonyl (C=O) groups is 2. The van der Waals surface area contributed by atoms with E-state index in [-0.39, 0.29) is 49.8 Å². The van der Waals surface area contributed by atoms with Gasteiger partial charge in [0.1, 0.15) is 0 Å². The molecule has 0 spiro atoms. The topological polar surface area (TPSA) is 95.6 Å². The highest BCUT2D eigenvalue weighted by atomic mass is 32.2. The first-order chi connectivity index (χ1) is 17.6. The van der Waals surface area contributed by atoms with E-state index in [0.717, 1.165) is 48.2 Å². The number of carbonyl (C=O) groups excluding carboxylic acids is 2. The summed E-state index contributed by atoms with van der Waals surface area (Å²) < 4.78 is 66.1. The van der Waals surface area contributed by atoms with Gasteiger partial charge in [-0.2, -0.15) is 17.5 Å². The number of nitrogens with one attached hydrogen (secondary N) is 2. The van der Waals surface area contributed by atoms with Crippen molar-refractivity contribution in [2.24, 2.45) is 5.92 Å².